The van der Waals surface area contributed by atoms with Gasteiger partial charge in [-0.2, -0.15) is 13.2 Å². The SMILES string of the molecule is Fc1cc(-c2ccnc(Cl)n2)ccc1C(F)(F)F. The maximum Gasteiger partial charge on any atom is 0.419 e. The van der Waals surface area contributed by atoms with Gasteiger partial charge >= 0.3 is 6.18 Å². The minimum Gasteiger partial charge on any atom is -0.226 e. The van der Waals surface area contributed by atoms with Gasteiger partial charge < -0.3 is 0 Å². The van der Waals surface area contributed by atoms with Crippen LogP contribution in [-0.2, 0) is 6.18 Å². The molecule has 0 aliphatic rings. The van der Waals surface area contributed by atoms with Crippen LogP contribution in [-0.4, -0.2) is 9.97 Å². The van der Waals surface area contributed by atoms with Crippen molar-refractivity contribution in [1.29, 1.82) is 0 Å². The van der Waals surface area contributed by atoms with Crippen LogP contribution in [0.3, 0.4) is 0 Å². The second-order valence-corrected chi connectivity index (χ2v) is 3.74. The Morgan fingerprint density at radius 2 is 1.83 bits per heavy atom. The number of nitrogens with zero attached hydrogens (tertiary/aromatic N) is 2. The fourth-order valence-electron chi connectivity index (χ4n) is 1.40. The molecule has 0 N–H and O–H groups in total. The van der Waals surface area contributed by atoms with Crippen molar-refractivity contribution in [2.24, 2.45) is 0 Å². The van der Waals surface area contributed by atoms with E-state index in [4.69, 9.17) is 11.6 Å². The van der Waals surface area contributed by atoms with E-state index >= 15 is 0 Å². The molecule has 0 amide bonds. The predicted octanol–water partition coefficient (Wildman–Crippen LogP) is 3.95. The van der Waals surface area contributed by atoms with E-state index in [2.05, 4.69) is 9.97 Å². The Morgan fingerprint density at radius 1 is 1.11 bits per heavy atom. The molecule has 0 saturated heterocycles. The minimum atomic E-state index is -4.72. The lowest BCUT2D eigenvalue weighted by Gasteiger charge is -2.09. The van der Waals surface area contributed by atoms with Gasteiger partial charge in [0.05, 0.1) is 11.3 Å². The summed E-state index contributed by atoms with van der Waals surface area (Å²) in [6.45, 7) is 0. The summed E-state index contributed by atoms with van der Waals surface area (Å²) in [6.07, 6.45) is -3.38. The van der Waals surface area contributed by atoms with Crippen molar-refractivity contribution < 1.29 is 17.6 Å². The molecule has 0 saturated carbocycles. The van der Waals surface area contributed by atoms with Gasteiger partial charge in [-0.15, -0.1) is 0 Å². The highest BCUT2D eigenvalue weighted by molar-refractivity contribution is 6.28. The molecule has 0 fully saturated rings. The summed E-state index contributed by atoms with van der Waals surface area (Å²) in [5.41, 5.74) is -0.862. The first-order valence-corrected chi connectivity index (χ1v) is 5.11. The van der Waals surface area contributed by atoms with E-state index in [1.54, 1.807) is 0 Å². The van der Waals surface area contributed by atoms with Crippen molar-refractivity contribution in [3.8, 4) is 11.3 Å². The first-order chi connectivity index (χ1) is 8.38. The van der Waals surface area contributed by atoms with Gasteiger partial charge in [-0.25, -0.2) is 14.4 Å². The molecule has 94 valence electrons. The lowest BCUT2D eigenvalue weighted by Crippen LogP contribution is -2.07. The first kappa shape index (κ1) is 12.8. The van der Waals surface area contributed by atoms with Crippen molar-refractivity contribution in [3.63, 3.8) is 0 Å². The Balaban J connectivity index is 2.47. The number of benzene rings is 1. The van der Waals surface area contributed by atoms with Crippen LogP contribution >= 0.6 is 11.6 Å². The minimum absolute atomic E-state index is 0.0622. The summed E-state index contributed by atoms with van der Waals surface area (Å²) in [4.78, 5) is 7.41. The van der Waals surface area contributed by atoms with E-state index in [-0.39, 0.29) is 16.5 Å². The van der Waals surface area contributed by atoms with Crippen LogP contribution < -0.4 is 0 Å². The molecular formula is C11H5ClF4N2. The monoisotopic (exact) mass is 276 g/mol. The molecule has 1 aromatic heterocycles. The van der Waals surface area contributed by atoms with E-state index in [1.807, 2.05) is 0 Å². The van der Waals surface area contributed by atoms with Crippen molar-refractivity contribution in [3.05, 3.63) is 47.1 Å². The number of aromatic nitrogens is 2. The Morgan fingerprint density at radius 3 is 2.39 bits per heavy atom. The summed E-state index contributed by atoms with van der Waals surface area (Å²) in [5.74, 6) is -1.35. The smallest absolute Gasteiger partial charge is 0.226 e. The van der Waals surface area contributed by atoms with E-state index in [0.717, 1.165) is 12.1 Å². The molecule has 0 unspecified atom stereocenters. The number of rotatable bonds is 1. The van der Waals surface area contributed by atoms with Crippen LogP contribution in [0, 0.1) is 5.82 Å². The van der Waals surface area contributed by atoms with Gasteiger partial charge in [0.1, 0.15) is 5.82 Å². The summed E-state index contributed by atoms with van der Waals surface area (Å²) in [5, 5.41) is -0.0622. The van der Waals surface area contributed by atoms with E-state index < -0.39 is 17.6 Å². The number of halogens is 5. The molecule has 0 aliphatic carbocycles. The molecular weight excluding hydrogens is 272 g/mol. The van der Waals surface area contributed by atoms with Crippen LogP contribution in [0.15, 0.2) is 30.5 Å². The molecule has 1 aromatic carbocycles. The van der Waals surface area contributed by atoms with Gasteiger partial charge in [-0.1, -0.05) is 6.07 Å². The molecule has 1 heterocycles. The Hall–Kier alpha value is -1.69. The first-order valence-electron chi connectivity index (χ1n) is 4.73. The van der Waals surface area contributed by atoms with Crippen LogP contribution in [0.4, 0.5) is 17.6 Å². The van der Waals surface area contributed by atoms with Crippen molar-refractivity contribution in [2.45, 2.75) is 6.18 Å². The zero-order valence-corrected chi connectivity index (χ0v) is 9.43. The van der Waals surface area contributed by atoms with Crippen LogP contribution in [0.2, 0.25) is 5.28 Å². The molecule has 0 spiro atoms. The fraction of sp³-hybridized carbons (Fsp3) is 0.0909. The average Bonchev–Trinajstić information content (AvgIpc) is 2.27. The van der Waals surface area contributed by atoms with Crippen molar-refractivity contribution in [2.75, 3.05) is 0 Å². The molecule has 2 rings (SSSR count). The molecule has 18 heavy (non-hydrogen) atoms. The maximum absolute atomic E-state index is 13.3. The number of hydrogen-bond acceptors (Lipinski definition) is 2. The molecule has 7 heteroatoms. The third kappa shape index (κ3) is 2.59. The molecule has 0 atom stereocenters. The Kier molecular flexibility index (Phi) is 3.21. The standard InChI is InChI=1S/C11H5ClF4N2/c12-10-17-4-3-9(18-10)6-1-2-7(8(13)5-6)11(14,15)16/h1-5H. The third-order valence-electron chi connectivity index (χ3n) is 2.20. The largest absolute Gasteiger partial charge is 0.419 e. The topological polar surface area (TPSA) is 25.8 Å². The number of alkyl halides is 3. The highest BCUT2D eigenvalue weighted by atomic mass is 35.5. The van der Waals surface area contributed by atoms with Gasteiger partial charge in [-0.3, -0.25) is 0 Å². The summed E-state index contributed by atoms with van der Waals surface area (Å²) in [7, 11) is 0. The van der Waals surface area contributed by atoms with E-state index in [9.17, 15) is 17.6 Å². The summed E-state index contributed by atoms with van der Waals surface area (Å²) >= 11 is 5.54. The Labute approximate surface area is 104 Å². The Bertz CT molecular complexity index is 583. The van der Waals surface area contributed by atoms with Crippen LogP contribution in [0.1, 0.15) is 5.56 Å². The van der Waals surface area contributed by atoms with Gasteiger partial charge in [-0.05, 0) is 29.8 Å². The average molecular weight is 277 g/mol. The highest BCUT2D eigenvalue weighted by Crippen LogP contribution is 2.33. The lowest BCUT2D eigenvalue weighted by molar-refractivity contribution is -0.139. The van der Waals surface area contributed by atoms with Crippen molar-refractivity contribution >= 4 is 11.6 Å². The maximum atomic E-state index is 13.3. The second kappa shape index (κ2) is 4.53. The quantitative estimate of drug-likeness (QED) is 0.582. The molecule has 0 radical (unpaired) electrons. The highest BCUT2D eigenvalue weighted by Gasteiger charge is 2.33. The van der Waals surface area contributed by atoms with Gasteiger partial charge in [0.15, 0.2) is 0 Å². The van der Waals surface area contributed by atoms with Crippen molar-refractivity contribution in [1.82, 2.24) is 9.97 Å². The third-order valence-corrected chi connectivity index (χ3v) is 2.38. The fourth-order valence-corrected chi connectivity index (χ4v) is 1.55. The zero-order chi connectivity index (χ0) is 13.3. The molecule has 2 aromatic rings. The van der Waals surface area contributed by atoms with Gasteiger partial charge in [0, 0.05) is 11.8 Å². The molecule has 2 nitrogen and oxygen atoms in total. The normalized spacial score (nSPS) is 11.6. The lowest BCUT2D eigenvalue weighted by atomic mass is 10.1. The predicted molar refractivity (Wildman–Crippen MR) is 57.4 cm³/mol. The van der Waals surface area contributed by atoms with E-state index in [1.165, 1.54) is 12.3 Å². The van der Waals surface area contributed by atoms with Gasteiger partial charge in [0.2, 0.25) is 5.28 Å². The zero-order valence-electron chi connectivity index (χ0n) is 8.67. The molecule has 0 bridgehead atoms. The number of hydrogen-bond donors (Lipinski definition) is 0. The summed E-state index contributed by atoms with van der Waals surface area (Å²) in [6, 6.07) is 3.99. The summed E-state index contributed by atoms with van der Waals surface area (Å²) < 4.78 is 50.4. The van der Waals surface area contributed by atoms with Crippen LogP contribution in [0.5, 0.6) is 0 Å². The second-order valence-electron chi connectivity index (χ2n) is 3.40. The molecule has 0 aliphatic heterocycles. The van der Waals surface area contributed by atoms with E-state index in [0.29, 0.717) is 6.07 Å². The van der Waals surface area contributed by atoms with Gasteiger partial charge in [0.25, 0.3) is 0 Å². The van der Waals surface area contributed by atoms with Crippen LogP contribution in [0.25, 0.3) is 11.3 Å².